The summed E-state index contributed by atoms with van der Waals surface area (Å²) in [6.45, 7) is 4.76. The standard InChI is InChI=1S/C20H22O5/c1-14-5-4-6-18(15(14)2)24-11-12-25-19-13-17(23-3)9-7-16(19)8-10-20(21)22/h4-10,13H,11-12H2,1-3H3,(H,21,22). The number of carbonyl (C=O) groups is 1. The highest BCUT2D eigenvalue weighted by atomic mass is 16.5. The fourth-order valence-electron chi connectivity index (χ4n) is 2.25. The Morgan fingerprint density at radius 2 is 1.80 bits per heavy atom. The van der Waals surface area contributed by atoms with E-state index >= 15 is 0 Å². The average Bonchev–Trinajstić information content (AvgIpc) is 2.60. The Balaban J connectivity index is 2.01. The zero-order valence-electron chi connectivity index (χ0n) is 14.6. The highest BCUT2D eigenvalue weighted by Gasteiger charge is 2.06. The summed E-state index contributed by atoms with van der Waals surface area (Å²) in [6.07, 6.45) is 2.56. The van der Waals surface area contributed by atoms with Crippen molar-refractivity contribution in [2.24, 2.45) is 0 Å². The van der Waals surface area contributed by atoms with Crippen molar-refractivity contribution < 1.29 is 24.1 Å². The first kappa shape index (κ1) is 18.4. The van der Waals surface area contributed by atoms with Crippen LogP contribution >= 0.6 is 0 Å². The van der Waals surface area contributed by atoms with Gasteiger partial charge in [0.2, 0.25) is 0 Å². The van der Waals surface area contributed by atoms with Crippen LogP contribution in [-0.2, 0) is 4.79 Å². The van der Waals surface area contributed by atoms with E-state index in [1.54, 1.807) is 25.3 Å². The number of hydrogen-bond donors (Lipinski definition) is 1. The van der Waals surface area contributed by atoms with Crippen molar-refractivity contribution in [3.8, 4) is 17.2 Å². The van der Waals surface area contributed by atoms with Gasteiger partial charge in [0.15, 0.2) is 0 Å². The summed E-state index contributed by atoms with van der Waals surface area (Å²) in [5, 5.41) is 8.78. The van der Waals surface area contributed by atoms with Gasteiger partial charge < -0.3 is 19.3 Å². The lowest BCUT2D eigenvalue weighted by Crippen LogP contribution is -2.10. The van der Waals surface area contributed by atoms with Gasteiger partial charge in [0, 0.05) is 17.7 Å². The maximum atomic E-state index is 10.7. The van der Waals surface area contributed by atoms with Crippen molar-refractivity contribution in [2.45, 2.75) is 13.8 Å². The summed E-state index contributed by atoms with van der Waals surface area (Å²) < 4.78 is 16.7. The number of benzene rings is 2. The molecule has 5 nitrogen and oxygen atoms in total. The van der Waals surface area contributed by atoms with Gasteiger partial charge in [-0.15, -0.1) is 0 Å². The van der Waals surface area contributed by atoms with Crippen molar-refractivity contribution >= 4 is 12.0 Å². The Labute approximate surface area is 147 Å². The molecule has 0 atom stereocenters. The quantitative estimate of drug-likeness (QED) is 0.583. The largest absolute Gasteiger partial charge is 0.497 e. The highest BCUT2D eigenvalue weighted by Crippen LogP contribution is 2.26. The van der Waals surface area contributed by atoms with Gasteiger partial charge in [-0.05, 0) is 49.2 Å². The maximum Gasteiger partial charge on any atom is 0.328 e. The van der Waals surface area contributed by atoms with Crippen LogP contribution in [0.3, 0.4) is 0 Å². The van der Waals surface area contributed by atoms with Crippen LogP contribution in [0.5, 0.6) is 17.2 Å². The van der Waals surface area contributed by atoms with Crippen molar-refractivity contribution in [1.29, 1.82) is 0 Å². The number of carboxylic acids is 1. The second-order valence-corrected chi connectivity index (χ2v) is 5.47. The van der Waals surface area contributed by atoms with E-state index in [-0.39, 0.29) is 0 Å². The van der Waals surface area contributed by atoms with Crippen LogP contribution < -0.4 is 14.2 Å². The number of ether oxygens (including phenoxy) is 3. The molecule has 0 fully saturated rings. The molecular weight excluding hydrogens is 320 g/mol. The van der Waals surface area contributed by atoms with E-state index < -0.39 is 5.97 Å². The molecule has 0 aliphatic rings. The normalized spacial score (nSPS) is 10.7. The molecule has 0 radical (unpaired) electrons. The molecule has 0 aliphatic carbocycles. The molecule has 0 aliphatic heterocycles. The predicted molar refractivity (Wildman–Crippen MR) is 96.6 cm³/mol. The van der Waals surface area contributed by atoms with Crippen LogP contribution in [0.2, 0.25) is 0 Å². The molecule has 2 rings (SSSR count). The van der Waals surface area contributed by atoms with E-state index in [0.717, 1.165) is 17.4 Å². The second-order valence-electron chi connectivity index (χ2n) is 5.47. The van der Waals surface area contributed by atoms with Gasteiger partial charge in [0.25, 0.3) is 0 Å². The number of carboxylic acid groups (broad SMARTS) is 1. The first-order chi connectivity index (χ1) is 12.0. The van der Waals surface area contributed by atoms with E-state index in [1.165, 1.54) is 11.6 Å². The molecule has 1 N–H and O–H groups in total. The molecule has 0 spiro atoms. The Hall–Kier alpha value is -2.95. The van der Waals surface area contributed by atoms with Gasteiger partial charge in [-0.1, -0.05) is 12.1 Å². The predicted octanol–water partition coefficient (Wildman–Crippen LogP) is 3.87. The molecule has 0 saturated heterocycles. The third-order valence-electron chi connectivity index (χ3n) is 3.78. The first-order valence-electron chi connectivity index (χ1n) is 7.92. The van der Waals surface area contributed by atoms with Gasteiger partial charge in [0.1, 0.15) is 30.5 Å². The van der Waals surface area contributed by atoms with Crippen LogP contribution in [0, 0.1) is 13.8 Å². The number of methoxy groups -OCH3 is 1. The summed E-state index contributed by atoms with van der Waals surface area (Å²) >= 11 is 0. The number of rotatable bonds is 8. The molecular formula is C20H22O5. The van der Waals surface area contributed by atoms with Crippen LogP contribution in [0.25, 0.3) is 6.08 Å². The molecule has 0 heterocycles. The van der Waals surface area contributed by atoms with Crippen LogP contribution in [-0.4, -0.2) is 31.4 Å². The lowest BCUT2D eigenvalue weighted by Gasteiger charge is -2.13. The van der Waals surface area contributed by atoms with Gasteiger partial charge in [0.05, 0.1) is 7.11 Å². The minimum absolute atomic E-state index is 0.328. The SMILES string of the molecule is COc1ccc(C=CC(=O)O)c(OCCOc2cccc(C)c2C)c1. The topological polar surface area (TPSA) is 65.0 Å². The molecule has 0 amide bonds. The van der Waals surface area contributed by atoms with E-state index in [1.807, 2.05) is 32.0 Å². The Morgan fingerprint density at radius 3 is 2.48 bits per heavy atom. The monoisotopic (exact) mass is 342 g/mol. The van der Waals surface area contributed by atoms with Crippen molar-refractivity contribution in [1.82, 2.24) is 0 Å². The highest BCUT2D eigenvalue weighted by molar-refractivity contribution is 5.86. The van der Waals surface area contributed by atoms with Crippen LogP contribution in [0.4, 0.5) is 0 Å². The molecule has 25 heavy (non-hydrogen) atoms. The summed E-state index contributed by atoms with van der Waals surface area (Å²) in [7, 11) is 1.56. The number of aryl methyl sites for hydroxylation is 1. The van der Waals surface area contributed by atoms with Crippen LogP contribution in [0.15, 0.2) is 42.5 Å². The Kier molecular flexibility index (Phi) is 6.46. The minimum atomic E-state index is -1.01. The molecule has 2 aromatic carbocycles. The van der Waals surface area contributed by atoms with Crippen molar-refractivity contribution in [2.75, 3.05) is 20.3 Å². The third kappa shape index (κ3) is 5.28. The van der Waals surface area contributed by atoms with E-state index in [0.29, 0.717) is 30.3 Å². The Morgan fingerprint density at radius 1 is 1.08 bits per heavy atom. The van der Waals surface area contributed by atoms with Crippen molar-refractivity contribution in [3.63, 3.8) is 0 Å². The summed E-state index contributed by atoms with van der Waals surface area (Å²) in [6, 6.07) is 11.1. The van der Waals surface area contributed by atoms with E-state index in [2.05, 4.69) is 0 Å². The number of aliphatic carboxylic acids is 1. The summed E-state index contributed by atoms with van der Waals surface area (Å²) in [5.41, 5.74) is 2.94. The second kappa shape index (κ2) is 8.78. The molecule has 0 aromatic heterocycles. The van der Waals surface area contributed by atoms with Gasteiger partial charge in [-0.2, -0.15) is 0 Å². The molecule has 5 heteroatoms. The van der Waals surface area contributed by atoms with Crippen LogP contribution in [0.1, 0.15) is 16.7 Å². The summed E-state index contributed by atoms with van der Waals surface area (Å²) in [5.74, 6) is 1.000. The first-order valence-corrected chi connectivity index (χ1v) is 7.92. The van der Waals surface area contributed by atoms with Gasteiger partial charge in [-0.25, -0.2) is 4.79 Å². The number of hydrogen-bond acceptors (Lipinski definition) is 4. The lowest BCUT2D eigenvalue weighted by molar-refractivity contribution is -0.131. The Bertz CT molecular complexity index is 765. The average molecular weight is 342 g/mol. The van der Waals surface area contributed by atoms with Crippen molar-refractivity contribution in [3.05, 3.63) is 59.2 Å². The fraction of sp³-hybridized carbons (Fsp3) is 0.250. The lowest BCUT2D eigenvalue weighted by atomic mass is 10.1. The molecule has 0 saturated carbocycles. The van der Waals surface area contributed by atoms with E-state index in [4.69, 9.17) is 19.3 Å². The fourth-order valence-corrected chi connectivity index (χ4v) is 2.25. The zero-order chi connectivity index (χ0) is 18.2. The van der Waals surface area contributed by atoms with E-state index in [9.17, 15) is 4.79 Å². The summed E-state index contributed by atoms with van der Waals surface area (Å²) in [4.78, 5) is 10.7. The zero-order valence-corrected chi connectivity index (χ0v) is 14.6. The molecule has 0 bridgehead atoms. The molecule has 2 aromatic rings. The third-order valence-corrected chi connectivity index (χ3v) is 3.78. The smallest absolute Gasteiger partial charge is 0.328 e. The molecule has 132 valence electrons. The minimum Gasteiger partial charge on any atom is -0.497 e. The van der Waals surface area contributed by atoms with Gasteiger partial charge in [-0.3, -0.25) is 0 Å². The van der Waals surface area contributed by atoms with Gasteiger partial charge >= 0.3 is 5.97 Å². The maximum absolute atomic E-state index is 10.7. The molecule has 0 unspecified atom stereocenters.